The van der Waals surface area contributed by atoms with Gasteiger partial charge in [-0.25, -0.2) is 0 Å². The maximum absolute atomic E-state index is 12.3. The van der Waals surface area contributed by atoms with Gasteiger partial charge in [-0.3, -0.25) is 9.78 Å². The van der Waals surface area contributed by atoms with Gasteiger partial charge in [-0.05, 0) is 49.4 Å². The van der Waals surface area contributed by atoms with Crippen molar-refractivity contribution in [2.45, 2.75) is 32.1 Å². The molecule has 0 unspecified atom stereocenters. The Morgan fingerprint density at radius 2 is 2.11 bits per heavy atom. The molecule has 0 atom stereocenters. The van der Waals surface area contributed by atoms with Crippen LogP contribution in [-0.2, 0) is 12.8 Å². The number of nitrogens with zero attached hydrogens (tertiary/aromatic N) is 1. The normalized spacial score (nSPS) is 14.9. The van der Waals surface area contributed by atoms with Gasteiger partial charge in [-0.1, -0.05) is 6.42 Å². The molecule has 1 aliphatic carbocycles. The van der Waals surface area contributed by atoms with Crippen molar-refractivity contribution in [2.75, 3.05) is 0 Å². The number of aryl methyl sites for hydroxylation is 2. The second kappa shape index (κ2) is 5.02. The number of hydrogen-bond acceptors (Lipinski definition) is 3. The van der Waals surface area contributed by atoms with Crippen LogP contribution >= 0.6 is 11.3 Å². The van der Waals surface area contributed by atoms with E-state index in [-0.39, 0.29) is 5.78 Å². The lowest BCUT2D eigenvalue weighted by Crippen LogP contribution is -1.98. The first kappa shape index (κ1) is 11.6. The molecule has 0 N–H and O–H groups in total. The van der Waals surface area contributed by atoms with Gasteiger partial charge in [0.2, 0.25) is 5.78 Å². The first-order chi connectivity index (χ1) is 8.84. The Bertz CT molecular complexity index is 536. The van der Waals surface area contributed by atoms with Gasteiger partial charge >= 0.3 is 0 Å². The van der Waals surface area contributed by atoms with E-state index in [9.17, 15) is 4.79 Å². The average Bonchev–Trinajstić information content (AvgIpc) is 2.70. The Morgan fingerprint density at radius 1 is 1.22 bits per heavy atom. The van der Waals surface area contributed by atoms with Gasteiger partial charge in [-0.2, -0.15) is 0 Å². The number of pyridine rings is 1. The number of rotatable bonds is 2. The summed E-state index contributed by atoms with van der Waals surface area (Å²) in [4.78, 5) is 18.6. The predicted octanol–water partition coefficient (Wildman–Crippen LogP) is 3.64. The maximum Gasteiger partial charge on any atom is 0.204 e. The molecule has 0 aliphatic heterocycles. The van der Waals surface area contributed by atoms with E-state index in [2.05, 4.69) is 11.1 Å². The molecule has 3 rings (SSSR count). The number of ketones is 1. The van der Waals surface area contributed by atoms with Crippen LogP contribution in [-0.4, -0.2) is 10.8 Å². The highest BCUT2D eigenvalue weighted by molar-refractivity contribution is 7.14. The molecule has 0 spiro atoms. The second-order valence-corrected chi connectivity index (χ2v) is 5.83. The Balaban J connectivity index is 1.91. The molecule has 0 saturated carbocycles. The van der Waals surface area contributed by atoms with Gasteiger partial charge in [0.25, 0.3) is 0 Å². The molecule has 92 valence electrons. The van der Waals surface area contributed by atoms with E-state index in [0.717, 1.165) is 17.7 Å². The highest BCUT2D eigenvalue weighted by atomic mass is 32.1. The molecule has 0 amide bonds. The van der Waals surface area contributed by atoms with Gasteiger partial charge in [0.1, 0.15) is 0 Å². The van der Waals surface area contributed by atoms with Gasteiger partial charge in [0, 0.05) is 22.8 Å². The van der Waals surface area contributed by atoms with Crippen LogP contribution in [0.2, 0.25) is 0 Å². The Hall–Kier alpha value is -1.48. The number of carbonyl (C=O) groups is 1. The molecule has 2 aromatic heterocycles. The van der Waals surface area contributed by atoms with Crippen molar-refractivity contribution >= 4 is 17.1 Å². The number of fused-ring (bicyclic) bond motifs is 1. The molecule has 0 aromatic carbocycles. The van der Waals surface area contributed by atoms with Crippen LogP contribution in [0.25, 0.3) is 0 Å². The largest absolute Gasteiger partial charge is 0.288 e. The average molecular weight is 257 g/mol. The zero-order valence-corrected chi connectivity index (χ0v) is 11.0. The summed E-state index contributed by atoms with van der Waals surface area (Å²) in [6.07, 6.45) is 9.44. The van der Waals surface area contributed by atoms with Crippen molar-refractivity contribution in [3.8, 4) is 0 Å². The van der Waals surface area contributed by atoms with Crippen molar-refractivity contribution in [2.24, 2.45) is 0 Å². The minimum Gasteiger partial charge on any atom is -0.288 e. The van der Waals surface area contributed by atoms with Crippen molar-refractivity contribution in [1.29, 1.82) is 0 Å². The minimum atomic E-state index is 0.112. The molecular formula is C15H15NOS. The minimum absolute atomic E-state index is 0.112. The summed E-state index contributed by atoms with van der Waals surface area (Å²) in [5.41, 5.74) is 2.08. The van der Waals surface area contributed by atoms with Gasteiger partial charge in [0.15, 0.2) is 0 Å². The fourth-order valence-corrected chi connectivity index (χ4v) is 3.63. The van der Waals surface area contributed by atoms with Crippen LogP contribution in [0.5, 0.6) is 0 Å². The Labute approximate surface area is 111 Å². The van der Waals surface area contributed by atoms with Crippen molar-refractivity contribution in [3.63, 3.8) is 0 Å². The molecule has 3 heteroatoms. The molecule has 2 aromatic rings. The zero-order chi connectivity index (χ0) is 12.4. The van der Waals surface area contributed by atoms with Crippen LogP contribution in [0.4, 0.5) is 0 Å². The number of aromatic nitrogens is 1. The summed E-state index contributed by atoms with van der Waals surface area (Å²) >= 11 is 1.67. The summed E-state index contributed by atoms with van der Waals surface area (Å²) in [5.74, 6) is 0.112. The van der Waals surface area contributed by atoms with Crippen LogP contribution in [0.3, 0.4) is 0 Å². The number of thiophene rings is 1. The van der Waals surface area contributed by atoms with Crippen LogP contribution in [0.15, 0.2) is 30.6 Å². The summed E-state index contributed by atoms with van der Waals surface area (Å²) in [6, 6.07) is 5.74. The first-order valence-corrected chi connectivity index (χ1v) is 7.22. The number of carbonyl (C=O) groups excluding carboxylic acids is 1. The SMILES string of the molecule is O=C(c1cccnc1)c1cc2c(s1)CCCCC2. The summed E-state index contributed by atoms with van der Waals surface area (Å²) in [7, 11) is 0. The predicted molar refractivity (Wildman–Crippen MR) is 73.2 cm³/mol. The van der Waals surface area contributed by atoms with E-state index < -0.39 is 0 Å². The lowest BCUT2D eigenvalue weighted by molar-refractivity contribution is 0.104. The van der Waals surface area contributed by atoms with E-state index in [1.807, 2.05) is 12.1 Å². The van der Waals surface area contributed by atoms with E-state index in [1.165, 1.54) is 29.7 Å². The molecule has 0 bridgehead atoms. The van der Waals surface area contributed by atoms with E-state index >= 15 is 0 Å². The van der Waals surface area contributed by atoms with Crippen molar-refractivity contribution < 1.29 is 4.79 Å². The van der Waals surface area contributed by atoms with Crippen molar-refractivity contribution in [3.05, 3.63) is 51.5 Å². The highest BCUT2D eigenvalue weighted by Gasteiger charge is 2.17. The van der Waals surface area contributed by atoms with Crippen LogP contribution < -0.4 is 0 Å². The van der Waals surface area contributed by atoms with E-state index in [1.54, 1.807) is 23.7 Å². The molecule has 1 aliphatic rings. The Morgan fingerprint density at radius 3 is 2.94 bits per heavy atom. The summed E-state index contributed by atoms with van der Waals surface area (Å²) in [5, 5.41) is 0. The quantitative estimate of drug-likeness (QED) is 0.607. The van der Waals surface area contributed by atoms with Crippen LogP contribution in [0.1, 0.15) is 44.9 Å². The third-order valence-corrected chi connectivity index (χ3v) is 4.63. The highest BCUT2D eigenvalue weighted by Crippen LogP contribution is 2.30. The fraction of sp³-hybridized carbons (Fsp3) is 0.333. The monoisotopic (exact) mass is 257 g/mol. The smallest absolute Gasteiger partial charge is 0.204 e. The standard InChI is InChI=1S/C15H15NOS/c17-15(12-6-4-8-16-10-12)14-9-11-5-2-1-3-7-13(11)18-14/h4,6,8-10H,1-3,5,7H2. The maximum atomic E-state index is 12.3. The van der Waals surface area contributed by atoms with E-state index in [4.69, 9.17) is 0 Å². The first-order valence-electron chi connectivity index (χ1n) is 6.41. The number of hydrogen-bond donors (Lipinski definition) is 0. The van der Waals surface area contributed by atoms with Gasteiger partial charge < -0.3 is 0 Å². The van der Waals surface area contributed by atoms with Gasteiger partial charge in [-0.15, -0.1) is 11.3 Å². The topological polar surface area (TPSA) is 30.0 Å². The molecule has 2 heterocycles. The molecule has 0 saturated heterocycles. The second-order valence-electron chi connectivity index (χ2n) is 4.69. The Kier molecular flexibility index (Phi) is 3.24. The molecule has 0 fully saturated rings. The van der Waals surface area contributed by atoms with E-state index in [0.29, 0.717) is 5.56 Å². The third-order valence-electron chi connectivity index (χ3n) is 3.39. The van der Waals surface area contributed by atoms with Crippen LogP contribution in [0, 0.1) is 0 Å². The third kappa shape index (κ3) is 2.23. The molecule has 0 radical (unpaired) electrons. The lowest BCUT2D eigenvalue weighted by Gasteiger charge is -1.96. The van der Waals surface area contributed by atoms with Crippen molar-refractivity contribution in [1.82, 2.24) is 4.98 Å². The summed E-state index contributed by atoms with van der Waals surface area (Å²) in [6.45, 7) is 0. The zero-order valence-electron chi connectivity index (χ0n) is 10.2. The molecular weight excluding hydrogens is 242 g/mol. The lowest BCUT2D eigenvalue weighted by atomic mass is 10.1. The molecule has 2 nitrogen and oxygen atoms in total. The summed E-state index contributed by atoms with van der Waals surface area (Å²) < 4.78 is 0. The van der Waals surface area contributed by atoms with Gasteiger partial charge in [0.05, 0.1) is 4.88 Å². The fourth-order valence-electron chi connectivity index (χ4n) is 2.42. The molecule has 18 heavy (non-hydrogen) atoms.